The number of nitrogens with one attached hydrogen (secondary N) is 1. The first-order valence-electron chi connectivity index (χ1n) is 8.57. The number of carbonyl (C=O) groups is 1. The number of aromatic amines is 1. The molecule has 2 saturated heterocycles. The molecule has 5 heteroatoms. The Hall–Kier alpha value is -1.88. The Bertz CT molecular complexity index is 711. The van der Waals surface area contributed by atoms with Crippen LogP contribution in [0.15, 0.2) is 24.3 Å². The fourth-order valence-corrected chi connectivity index (χ4v) is 4.36. The Morgan fingerprint density at radius 2 is 1.96 bits per heavy atom. The highest BCUT2D eigenvalue weighted by Crippen LogP contribution is 2.34. The average molecular weight is 312 g/mol. The second kappa shape index (κ2) is 5.64. The van der Waals surface area contributed by atoms with Crippen molar-refractivity contribution >= 4 is 16.8 Å². The van der Waals surface area contributed by atoms with Crippen molar-refractivity contribution < 1.29 is 4.79 Å². The number of hydrogen-bond acceptors (Lipinski definition) is 3. The van der Waals surface area contributed by atoms with E-state index in [1.54, 1.807) is 0 Å². The number of H-pyrrole nitrogens is 1. The number of benzene rings is 1. The van der Waals surface area contributed by atoms with Crippen molar-refractivity contribution in [2.45, 2.75) is 50.2 Å². The van der Waals surface area contributed by atoms with E-state index in [4.69, 9.17) is 0 Å². The highest BCUT2D eigenvalue weighted by molar-refractivity contribution is 6.04. The van der Waals surface area contributed by atoms with E-state index in [2.05, 4.69) is 22.1 Å². The van der Waals surface area contributed by atoms with E-state index in [-0.39, 0.29) is 5.91 Å². The zero-order chi connectivity index (χ0) is 16.0. The number of piperidine rings is 2. The highest BCUT2D eigenvalue weighted by Gasteiger charge is 2.38. The van der Waals surface area contributed by atoms with Gasteiger partial charge in [0.25, 0.3) is 5.91 Å². The quantitative estimate of drug-likeness (QED) is 0.927. The van der Waals surface area contributed by atoms with Crippen molar-refractivity contribution in [2.75, 3.05) is 14.1 Å². The van der Waals surface area contributed by atoms with Gasteiger partial charge in [0.1, 0.15) is 0 Å². The Labute approximate surface area is 136 Å². The summed E-state index contributed by atoms with van der Waals surface area (Å²) < 4.78 is 0. The van der Waals surface area contributed by atoms with Crippen molar-refractivity contribution in [1.29, 1.82) is 0 Å². The summed E-state index contributed by atoms with van der Waals surface area (Å²) in [4.78, 5) is 17.4. The molecule has 1 N–H and O–H groups in total. The van der Waals surface area contributed by atoms with Crippen LogP contribution >= 0.6 is 0 Å². The average Bonchev–Trinajstić information content (AvgIpc) is 2.97. The van der Waals surface area contributed by atoms with Crippen LogP contribution in [-0.2, 0) is 0 Å². The van der Waals surface area contributed by atoms with E-state index < -0.39 is 0 Å². The smallest absolute Gasteiger partial charge is 0.274 e. The molecule has 1 aromatic carbocycles. The Morgan fingerprint density at radius 1 is 1.26 bits per heavy atom. The molecule has 2 fully saturated rings. The minimum absolute atomic E-state index is 0.0371. The third kappa shape index (κ3) is 2.43. The Kier molecular flexibility index (Phi) is 3.60. The normalized spacial score (nSPS) is 28.0. The maximum atomic E-state index is 13.0. The lowest BCUT2D eigenvalue weighted by Crippen LogP contribution is -2.55. The van der Waals surface area contributed by atoms with E-state index in [0.717, 1.165) is 23.7 Å². The Balaban J connectivity index is 1.57. The summed E-state index contributed by atoms with van der Waals surface area (Å²) in [6.45, 7) is 0. The van der Waals surface area contributed by atoms with Gasteiger partial charge in [-0.25, -0.2) is 0 Å². The summed E-state index contributed by atoms with van der Waals surface area (Å²) >= 11 is 0. The summed E-state index contributed by atoms with van der Waals surface area (Å²) in [5.41, 5.74) is 1.47. The molecule has 2 aliphatic heterocycles. The molecule has 23 heavy (non-hydrogen) atoms. The molecule has 122 valence electrons. The molecule has 0 radical (unpaired) electrons. The van der Waals surface area contributed by atoms with Crippen molar-refractivity contribution in [3.63, 3.8) is 0 Å². The minimum atomic E-state index is 0.0371. The molecule has 2 bridgehead atoms. The molecule has 2 atom stereocenters. The monoisotopic (exact) mass is 312 g/mol. The van der Waals surface area contributed by atoms with Gasteiger partial charge in [0.2, 0.25) is 0 Å². The third-order valence-corrected chi connectivity index (χ3v) is 5.86. The molecule has 5 nitrogen and oxygen atoms in total. The van der Waals surface area contributed by atoms with Crippen molar-refractivity contribution in [2.24, 2.45) is 0 Å². The topological polar surface area (TPSA) is 52.2 Å². The van der Waals surface area contributed by atoms with Gasteiger partial charge in [0.15, 0.2) is 5.69 Å². The molecule has 3 heterocycles. The molecular formula is C18H24N4O. The van der Waals surface area contributed by atoms with Crippen LogP contribution < -0.4 is 0 Å². The third-order valence-electron chi connectivity index (χ3n) is 5.86. The summed E-state index contributed by atoms with van der Waals surface area (Å²) in [6.07, 6.45) is 6.01. The zero-order valence-corrected chi connectivity index (χ0v) is 13.8. The minimum Gasteiger partial charge on any atom is -0.337 e. The summed E-state index contributed by atoms with van der Waals surface area (Å²) in [5.74, 6) is 0.0371. The van der Waals surface area contributed by atoms with E-state index in [1.807, 2.05) is 36.2 Å². The lowest BCUT2D eigenvalue weighted by Gasteiger charge is -2.49. The lowest BCUT2D eigenvalue weighted by atomic mass is 9.81. The predicted molar refractivity (Wildman–Crippen MR) is 90.4 cm³/mol. The second-order valence-electron chi connectivity index (χ2n) is 7.06. The van der Waals surface area contributed by atoms with E-state index in [0.29, 0.717) is 23.8 Å². The number of carbonyl (C=O) groups excluding carboxylic acids is 1. The molecule has 2 aliphatic rings. The number of hydrogen-bond donors (Lipinski definition) is 1. The number of nitrogens with zero attached hydrogens (tertiary/aromatic N) is 3. The van der Waals surface area contributed by atoms with Gasteiger partial charge in [0, 0.05) is 30.6 Å². The van der Waals surface area contributed by atoms with Crippen LogP contribution in [0.4, 0.5) is 0 Å². The van der Waals surface area contributed by atoms with Gasteiger partial charge < -0.3 is 9.80 Å². The van der Waals surface area contributed by atoms with Crippen LogP contribution in [0, 0.1) is 0 Å². The molecule has 1 amide bonds. The van der Waals surface area contributed by atoms with Crippen molar-refractivity contribution in [3.8, 4) is 0 Å². The van der Waals surface area contributed by atoms with Gasteiger partial charge >= 0.3 is 0 Å². The SMILES string of the molecule is CN(C(=O)c1n[nH]c2ccccc12)C1CC2CCCC(C1)N2C. The molecule has 1 aromatic heterocycles. The standard InChI is InChI=1S/C18H24N4O/c1-21-12-6-5-7-13(21)11-14(10-12)22(2)18(23)17-15-8-3-4-9-16(15)19-20-17/h3-4,8-9,12-14H,5-7,10-11H2,1-2H3,(H,19,20). The van der Waals surface area contributed by atoms with Gasteiger partial charge in [0.05, 0.1) is 5.52 Å². The summed E-state index contributed by atoms with van der Waals surface area (Å²) in [7, 11) is 4.19. The number of fused-ring (bicyclic) bond motifs is 3. The second-order valence-corrected chi connectivity index (χ2v) is 7.06. The largest absolute Gasteiger partial charge is 0.337 e. The molecule has 2 aromatic rings. The van der Waals surface area contributed by atoms with Gasteiger partial charge in [-0.05, 0) is 38.8 Å². The van der Waals surface area contributed by atoms with Gasteiger partial charge in [-0.1, -0.05) is 24.6 Å². The first-order chi connectivity index (χ1) is 11.1. The highest BCUT2D eigenvalue weighted by atomic mass is 16.2. The fraction of sp³-hybridized carbons (Fsp3) is 0.556. The first kappa shape index (κ1) is 14.7. The van der Waals surface area contributed by atoms with Gasteiger partial charge in [-0.3, -0.25) is 9.89 Å². The van der Waals surface area contributed by atoms with E-state index >= 15 is 0 Å². The van der Waals surface area contributed by atoms with E-state index in [9.17, 15) is 4.79 Å². The molecule has 0 spiro atoms. The van der Waals surface area contributed by atoms with E-state index in [1.165, 1.54) is 19.3 Å². The van der Waals surface area contributed by atoms with Gasteiger partial charge in [-0.2, -0.15) is 5.10 Å². The summed E-state index contributed by atoms with van der Waals surface area (Å²) in [6, 6.07) is 9.40. The molecule has 0 saturated carbocycles. The predicted octanol–water partition coefficient (Wildman–Crippen LogP) is 2.65. The van der Waals surface area contributed by atoms with Crippen LogP contribution in [0.5, 0.6) is 0 Å². The van der Waals surface area contributed by atoms with Crippen molar-refractivity contribution in [1.82, 2.24) is 20.0 Å². The molecule has 2 unspecified atom stereocenters. The Morgan fingerprint density at radius 3 is 2.70 bits per heavy atom. The molecule has 4 rings (SSSR count). The number of para-hydroxylation sites is 1. The van der Waals surface area contributed by atoms with Crippen LogP contribution in [0.2, 0.25) is 0 Å². The van der Waals surface area contributed by atoms with Crippen LogP contribution in [0.3, 0.4) is 0 Å². The molecular weight excluding hydrogens is 288 g/mol. The van der Waals surface area contributed by atoms with Crippen LogP contribution in [0.25, 0.3) is 10.9 Å². The molecule has 0 aliphatic carbocycles. The number of aromatic nitrogens is 2. The zero-order valence-electron chi connectivity index (χ0n) is 13.8. The van der Waals surface area contributed by atoms with Crippen LogP contribution in [0.1, 0.15) is 42.6 Å². The maximum Gasteiger partial charge on any atom is 0.274 e. The first-order valence-corrected chi connectivity index (χ1v) is 8.57. The summed E-state index contributed by atoms with van der Waals surface area (Å²) in [5, 5.41) is 8.15. The maximum absolute atomic E-state index is 13.0. The lowest BCUT2D eigenvalue weighted by molar-refractivity contribution is 0.0162. The van der Waals surface area contributed by atoms with Crippen molar-refractivity contribution in [3.05, 3.63) is 30.0 Å². The van der Waals surface area contributed by atoms with Crippen LogP contribution in [-0.4, -0.2) is 58.1 Å². The van der Waals surface area contributed by atoms with Gasteiger partial charge in [-0.15, -0.1) is 0 Å². The number of amides is 1. The fourth-order valence-electron chi connectivity index (χ4n) is 4.36. The number of rotatable bonds is 2.